The molecule has 1 aromatic heterocycles. The van der Waals surface area contributed by atoms with Crippen LogP contribution in [0.25, 0.3) is 10.9 Å². The number of nitrogens with one attached hydrogen (secondary N) is 1. The summed E-state index contributed by atoms with van der Waals surface area (Å²) in [6.07, 6.45) is 1.05. The summed E-state index contributed by atoms with van der Waals surface area (Å²) in [6.45, 7) is 2.10. The first-order chi connectivity index (χ1) is 10.9. The Labute approximate surface area is 129 Å². The maximum absolute atomic E-state index is 14.9. The van der Waals surface area contributed by atoms with Gasteiger partial charge >= 0.3 is 5.97 Å². The van der Waals surface area contributed by atoms with Gasteiger partial charge < -0.3 is 19.9 Å². The average Bonchev–Trinajstić information content (AvgIpc) is 2.51. The number of aromatic nitrogens is 1. The van der Waals surface area contributed by atoms with Crippen LogP contribution in [-0.2, 0) is 7.05 Å². The number of anilines is 1. The van der Waals surface area contributed by atoms with E-state index in [-0.39, 0.29) is 16.6 Å². The summed E-state index contributed by atoms with van der Waals surface area (Å²) in [4.78, 5) is 24.8. The highest BCUT2D eigenvalue weighted by molar-refractivity contribution is 5.93. The summed E-state index contributed by atoms with van der Waals surface area (Å²) in [5.74, 6) is -3.14. The fraction of sp³-hybridized carbons (Fsp3) is 0.333. The van der Waals surface area contributed by atoms with Gasteiger partial charge in [-0.2, -0.15) is 0 Å². The number of carbonyl (C=O) groups is 1. The molecule has 8 heteroatoms. The number of carboxylic acids is 1. The maximum Gasteiger partial charge on any atom is 0.341 e. The van der Waals surface area contributed by atoms with Crippen molar-refractivity contribution in [1.82, 2.24) is 9.88 Å². The smallest absolute Gasteiger partial charge is 0.341 e. The summed E-state index contributed by atoms with van der Waals surface area (Å²) in [6, 6.07) is 0.921. The van der Waals surface area contributed by atoms with Crippen LogP contribution in [-0.4, -0.2) is 41.8 Å². The van der Waals surface area contributed by atoms with Gasteiger partial charge in [0.2, 0.25) is 5.43 Å². The first kappa shape index (κ1) is 15.4. The molecule has 2 aromatic rings. The molecule has 23 heavy (non-hydrogen) atoms. The highest BCUT2D eigenvalue weighted by Crippen LogP contribution is 2.29. The number of pyridine rings is 1. The van der Waals surface area contributed by atoms with E-state index in [2.05, 4.69) is 5.32 Å². The van der Waals surface area contributed by atoms with E-state index in [1.165, 1.54) is 11.6 Å². The molecule has 1 aliphatic rings. The van der Waals surface area contributed by atoms with Crippen molar-refractivity contribution in [2.45, 2.75) is 0 Å². The maximum atomic E-state index is 14.9. The van der Waals surface area contributed by atoms with Gasteiger partial charge in [0.25, 0.3) is 0 Å². The van der Waals surface area contributed by atoms with Crippen molar-refractivity contribution in [3.63, 3.8) is 0 Å². The molecule has 1 aliphatic heterocycles. The van der Waals surface area contributed by atoms with Gasteiger partial charge in [0.15, 0.2) is 5.82 Å². The van der Waals surface area contributed by atoms with Crippen LogP contribution >= 0.6 is 0 Å². The third-order valence-electron chi connectivity index (χ3n) is 4.00. The molecule has 0 bridgehead atoms. The van der Waals surface area contributed by atoms with E-state index in [4.69, 9.17) is 5.11 Å². The minimum absolute atomic E-state index is 0.102. The number of halogens is 2. The lowest BCUT2D eigenvalue weighted by atomic mass is 10.1. The predicted octanol–water partition coefficient (Wildman–Crippen LogP) is 0.924. The van der Waals surface area contributed by atoms with Crippen molar-refractivity contribution < 1.29 is 18.7 Å². The number of hydrogen-bond acceptors (Lipinski definition) is 4. The number of carboxylic acid groups (broad SMARTS) is 1. The zero-order chi connectivity index (χ0) is 16.7. The van der Waals surface area contributed by atoms with Gasteiger partial charge in [-0.3, -0.25) is 4.79 Å². The second-order valence-corrected chi connectivity index (χ2v) is 5.44. The molecule has 0 atom stereocenters. The molecule has 1 aromatic carbocycles. The lowest BCUT2D eigenvalue weighted by Gasteiger charge is -2.30. The van der Waals surface area contributed by atoms with Gasteiger partial charge in [0.1, 0.15) is 17.1 Å². The zero-order valence-corrected chi connectivity index (χ0v) is 12.4. The molecule has 0 radical (unpaired) electrons. The summed E-state index contributed by atoms with van der Waals surface area (Å²) in [5, 5.41) is 11.8. The van der Waals surface area contributed by atoms with Crippen molar-refractivity contribution in [1.29, 1.82) is 0 Å². The SMILES string of the molecule is Cn1cc(C(=O)O)c(=O)c2cc(F)c(N3CCNCC3)c(F)c21. The molecular formula is C15H15F2N3O3. The summed E-state index contributed by atoms with van der Waals surface area (Å²) in [7, 11) is 1.43. The van der Waals surface area contributed by atoms with Gasteiger partial charge in [-0.15, -0.1) is 0 Å². The second-order valence-electron chi connectivity index (χ2n) is 5.44. The largest absolute Gasteiger partial charge is 0.477 e. The molecule has 3 rings (SSSR count). The number of fused-ring (bicyclic) bond motifs is 1. The summed E-state index contributed by atoms with van der Waals surface area (Å²) < 4.78 is 30.5. The Bertz CT molecular complexity index is 857. The first-order valence-electron chi connectivity index (χ1n) is 7.12. The quantitative estimate of drug-likeness (QED) is 0.860. The van der Waals surface area contributed by atoms with Crippen LogP contribution in [0.5, 0.6) is 0 Å². The van der Waals surface area contributed by atoms with Gasteiger partial charge in [-0.05, 0) is 6.07 Å². The topological polar surface area (TPSA) is 74.6 Å². The van der Waals surface area contributed by atoms with E-state index in [0.717, 1.165) is 12.3 Å². The second kappa shape index (κ2) is 5.62. The van der Waals surface area contributed by atoms with Crippen LogP contribution in [0.2, 0.25) is 0 Å². The zero-order valence-electron chi connectivity index (χ0n) is 12.4. The molecule has 0 saturated carbocycles. The van der Waals surface area contributed by atoms with E-state index in [0.29, 0.717) is 26.2 Å². The minimum Gasteiger partial charge on any atom is -0.477 e. The van der Waals surface area contributed by atoms with E-state index < -0.39 is 28.6 Å². The standard InChI is InChI=1S/C15H15F2N3O3/c1-19-7-9(15(22)23)14(21)8-6-10(16)13(11(17)12(8)19)20-4-2-18-3-5-20/h6-7,18H,2-5H2,1H3,(H,22,23). The molecule has 0 spiro atoms. The van der Waals surface area contributed by atoms with Crippen molar-refractivity contribution in [3.8, 4) is 0 Å². The lowest BCUT2D eigenvalue weighted by molar-refractivity contribution is 0.0695. The third kappa shape index (κ3) is 2.44. The summed E-state index contributed by atoms with van der Waals surface area (Å²) >= 11 is 0. The van der Waals surface area contributed by atoms with Crippen LogP contribution in [0.4, 0.5) is 14.5 Å². The number of piperazine rings is 1. The Kier molecular flexibility index (Phi) is 3.77. The Morgan fingerprint density at radius 1 is 1.30 bits per heavy atom. The van der Waals surface area contributed by atoms with E-state index in [1.54, 1.807) is 4.90 Å². The van der Waals surface area contributed by atoms with E-state index in [9.17, 15) is 18.4 Å². The van der Waals surface area contributed by atoms with Crippen LogP contribution in [0, 0.1) is 11.6 Å². The number of benzene rings is 1. The first-order valence-corrected chi connectivity index (χ1v) is 7.12. The highest BCUT2D eigenvalue weighted by Gasteiger charge is 2.25. The van der Waals surface area contributed by atoms with Gasteiger partial charge in [-0.25, -0.2) is 13.6 Å². The highest BCUT2D eigenvalue weighted by atomic mass is 19.1. The number of rotatable bonds is 2. The monoisotopic (exact) mass is 323 g/mol. The van der Waals surface area contributed by atoms with Crippen LogP contribution in [0.15, 0.2) is 17.1 Å². The molecule has 2 heterocycles. The third-order valence-corrected chi connectivity index (χ3v) is 4.00. The fourth-order valence-electron chi connectivity index (χ4n) is 2.91. The number of aryl methyl sites for hydroxylation is 1. The van der Waals surface area contributed by atoms with Crippen molar-refractivity contribution >= 4 is 22.6 Å². The van der Waals surface area contributed by atoms with Crippen molar-refractivity contribution in [3.05, 3.63) is 39.7 Å². The minimum atomic E-state index is -1.43. The number of nitrogens with zero attached hydrogens (tertiary/aromatic N) is 2. The van der Waals surface area contributed by atoms with E-state index >= 15 is 0 Å². The van der Waals surface area contributed by atoms with Crippen LogP contribution in [0.1, 0.15) is 10.4 Å². The van der Waals surface area contributed by atoms with Gasteiger partial charge in [0, 0.05) is 39.4 Å². The number of hydrogen-bond donors (Lipinski definition) is 2. The predicted molar refractivity (Wildman–Crippen MR) is 81.1 cm³/mol. The molecule has 0 unspecified atom stereocenters. The van der Waals surface area contributed by atoms with Crippen LogP contribution < -0.4 is 15.6 Å². The Hall–Kier alpha value is -2.48. The molecule has 0 aliphatic carbocycles. The Balaban J connectivity index is 2.31. The molecular weight excluding hydrogens is 308 g/mol. The molecule has 1 saturated heterocycles. The lowest BCUT2D eigenvalue weighted by Crippen LogP contribution is -2.44. The molecule has 122 valence electrons. The molecule has 6 nitrogen and oxygen atoms in total. The Morgan fingerprint density at radius 2 is 1.96 bits per heavy atom. The fourth-order valence-corrected chi connectivity index (χ4v) is 2.91. The van der Waals surface area contributed by atoms with Crippen molar-refractivity contribution in [2.75, 3.05) is 31.1 Å². The van der Waals surface area contributed by atoms with Gasteiger partial charge in [-0.1, -0.05) is 0 Å². The Morgan fingerprint density at radius 3 is 2.57 bits per heavy atom. The average molecular weight is 323 g/mol. The van der Waals surface area contributed by atoms with Gasteiger partial charge in [0.05, 0.1) is 10.9 Å². The van der Waals surface area contributed by atoms with Crippen LogP contribution in [0.3, 0.4) is 0 Å². The molecule has 1 fully saturated rings. The summed E-state index contributed by atoms with van der Waals surface area (Å²) in [5.41, 5.74) is -1.70. The van der Waals surface area contributed by atoms with Crippen molar-refractivity contribution in [2.24, 2.45) is 7.05 Å². The molecule has 2 N–H and O–H groups in total. The normalized spacial score (nSPS) is 15.2. The molecule has 0 amide bonds. The van der Waals surface area contributed by atoms with E-state index in [1.807, 2.05) is 0 Å². The number of aromatic carboxylic acids is 1.